The highest BCUT2D eigenvalue weighted by atomic mass is 35.5. The Labute approximate surface area is 252 Å². The summed E-state index contributed by atoms with van der Waals surface area (Å²) in [5.41, 5.74) is 4.96. The summed E-state index contributed by atoms with van der Waals surface area (Å²) in [4.78, 5) is 17.2. The fraction of sp³-hybridized carbons (Fsp3) is 0.290. The van der Waals surface area contributed by atoms with Crippen LogP contribution in [0.5, 0.6) is 0 Å². The molecular weight excluding hydrogens is 568 g/mol. The molecule has 12 heteroatoms. The van der Waals surface area contributed by atoms with Crippen LogP contribution in [0.4, 0.5) is 0 Å². The monoisotopic (exact) mass is 596 g/mol. The predicted octanol–water partition coefficient (Wildman–Crippen LogP) is 4.12. The Hall–Kier alpha value is -4.61. The number of aliphatic hydroxyl groups is 1. The van der Waals surface area contributed by atoms with E-state index in [2.05, 4.69) is 25.8 Å². The van der Waals surface area contributed by atoms with Gasteiger partial charge in [-0.05, 0) is 72.0 Å². The maximum absolute atomic E-state index is 13.6. The number of nitrogens with zero attached hydrogens (tertiary/aromatic N) is 7. The molecule has 2 aliphatic carbocycles. The van der Waals surface area contributed by atoms with Gasteiger partial charge in [0.25, 0.3) is 5.91 Å². The van der Waals surface area contributed by atoms with Crippen LogP contribution in [0.2, 0.25) is 5.02 Å². The van der Waals surface area contributed by atoms with Crippen LogP contribution in [0, 0.1) is 11.1 Å². The van der Waals surface area contributed by atoms with Crippen molar-refractivity contribution in [2.75, 3.05) is 0 Å². The van der Waals surface area contributed by atoms with Gasteiger partial charge in [0.15, 0.2) is 6.20 Å². The lowest BCUT2D eigenvalue weighted by molar-refractivity contribution is -0.615. The number of pyridine rings is 1. The number of aliphatic hydroxyl groups excluding tert-OH is 1. The summed E-state index contributed by atoms with van der Waals surface area (Å²) in [6.45, 7) is 0. The second-order valence-corrected chi connectivity index (χ2v) is 11.8. The van der Waals surface area contributed by atoms with E-state index < -0.39 is 0 Å². The number of carbonyl (C=O) groups is 1. The third-order valence-electron chi connectivity index (χ3n) is 8.26. The van der Waals surface area contributed by atoms with E-state index in [9.17, 15) is 15.1 Å². The first-order valence-corrected chi connectivity index (χ1v) is 14.7. The molecule has 11 nitrogen and oxygen atoms in total. The van der Waals surface area contributed by atoms with Crippen molar-refractivity contribution in [1.82, 2.24) is 35.1 Å². The Morgan fingerprint density at radius 1 is 1.09 bits per heavy atom. The molecule has 0 saturated heterocycles. The number of benzene rings is 2. The zero-order valence-corrected chi connectivity index (χ0v) is 23.9. The molecule has 218 valence electrons. The summed E-state index contributed by atoms with van der Waals surface area (Å²) in [7, 11) is 0. The molecule has 1 atom stereocenters. The molecule has 1 amide bonds. The van der Waals surface area contributed by atoms with E-state index in [0.29, 0.717) is 46.3 Å². The van der Waals surface area contributed by atoms with E-state index in [1.165, 1.54) is 11.0 Å². The van der Waals surface area contributed by atoms with Crippen molar-refractivity contribution in [3.63, 3.8) is 0 Å². The largest absolute Gasteiger partial charge is 0.618 e. The van der Waals surface area contributed by atoms with Gasteiger partial charge in [0, 0.05) is 45.6 Å². The van der Waals surface area contributed by atoms with Crippen molar-refractivity contribution in [1.29, 1.82) is 0 Å². The Kier molecular flexibility index (Phi) is 7.12. The zero-order chi connectivity index (χ0) is 29.5. The number of tetrazole rings is 1. The number of imidazole rings is 1. The highest BCUT2D eigenvalue weighted by Crippen LogP contribution is 2.39. The molecule has 2 fully saturated rings. The lowest BCUT2D eigenvalue weighted by Crippen LogP contribution is -2.46. The number of hydrogen-bond donors (Lipinski definition) is 2. The van der Waals surface area contributed by atoms with E-state index in [-0.39, 0.29) is 24.1 Å². The summed E-state index contributed by atoms with van der Waals surface area (Å²) >= 11 is 6.32. The summed E-state index contributed by atoms with van der Waals surface area (Å²) in [6.07, 6.45) is 10.8. The maximum atomic E-state index is 13.6. The van der Waals surface area contributed by atoms with E-state index in [1.54, 1.807) is 36.8 Å². The van der Waals surface area contributed by atoms with Crippen molar-refractivity contribution in [3.05, 3.63) is 101 Å². The molecule has 5 aromatic rings. The van der Waals surface area contributed by atoms with Gasteiger partial charge in [-0.15, -0.1) is 5.10 Å². The van der Waals surface area contributed by atoms with Gasteiger partial charge in [-0.1, -0.05) is 36.6 Å². The van der Waals surface area contributed by atoms with Gasteiger partial charge in [0.2, 0.25) is 5.69 Å². The molecular formula is C31H29ClN8O3. The number of nitrogens with one attached hydrogen (secondary N) is 1. The molecule has 43 heavy (non-hydrogen) atoms. The van der Waals surface area contributed by atoms with Gasteiger partial charge >= 0.3 is 0 Å². The van der Waals surface area contributed by atoms with Crippen LogP contribution in [-0.2, 0) is 0 Å². The molecule has 0 spiro atoms. The average Bonchev–Trinajstić information content (AvgIpc) is 3.41. The number of hydrogen-bond acceptors (Lipinski definition) is 7. The van der Waals surface area contributed by atoms with Gasteiger partial charge in [0.1, 0.15) is 12.4 Å². The Balaban J connectivity index is 1.14. The highest BCUT2D eigenvalue weighted by molar-refractivity contribution is 6.31. The van der Waals surface area contributed by atoms with Crippen LogP contribution < -0.4 is 10.0 Å². The van der Waals surface area contributed by atoms with Gasteiger partial charge in [-0.2, -0.15) is 9.41 Å². The Bertz CT molecular complexity index is 1760. The fourth-order valence-corrected chi connectivity index (χ4v) is 5.78. The second-order valence-electron chi connectivity index (χ2n) is 11.4. The molecule has 3 heterocycles. The predicted molar refractivity (Wildman–Crippen MR) is 158 cm³/mol. The van der Waals surface area contributed by atoms with E-state index in [4.69, 9.17) is 11.6 Å². The van der Waals surface area contributed by atoms with Gasteiger partial charge in [-0.25, -0.2) is 4.98 Å². The molecule has 2 N–H and O–H groups in total. The number of aromatic nitrogens is 7. The van der Waals surface area contributed by atoms with Crippen LogP contribution in [0.1, 0.15) is 54.2 Å². The average molecular weight is 597 g/mol. The number of amides is 1. The van der Waals surface area contributed by atoms with Crippen molar-refractivity contribution in [2.45, 2.75) is 50.3 Å². The van der Waals surface area contributed by atoms with Crippen molar-refractivity contribution in [3.8, 4) is 28.1 Å². The summed E-state index contributed by atoms with van der Waals surface area (Å²) in [5.74, 6) is 0.411. The van der Waals surface area contributed by atoms with Crippen molar-refractivity contribution >= 4 is 17.5 Å². The number of carbonyl (C=O) groups excluding carboxylic acids is 1. The third-order valence-corrected chi connectivity index (χ3v) is 8.49. The standard InChI is InChI=1S/C31H29ClN8O3/c32-23-8-10-28(39-18-34-36-37-39)26(12-23)22-7-9-29(40(43)15-22)30(11-19-1-2-19)38-16-27(33-17-38)20-3-5-21(6-4-20)31(42)35-24-13-25(41)14-24/h3-10,12,15-19,24-25,30,41H,1-2,11,13-14H2,(H,35,42). The topological polar surface area (TPSA) is 138 Å². The molecule has 0 bridgehead atoms. The Morgan fingerprint density at radius 3 is 2.58 bits per heavy atom. The molecule has 0 radical (unpaired) electrons. The first-order valence-electron chi connectivity index (χ1n) is 14.3. The van der Waals surface area contributed by atoms with E-state index in [0.717, 1.165) is 40.8 Å². The Morgan fingerprint density at radius 2 is 1.88 bits per heavy atom. The molecule has 1 unspecified atom stereocenters. The van der Waals surface area contributed by atoms with Gasteiger partial charge in [0.05, 0.1) is 23.8 Å². The second kappa shape index (κ2) is 11.2. The highest BCUT2D eigenvalue weighted by Gasteiger charge is 2.32. The first-order chi connectivity index (χ1) is 20.9. The van der Waals surface area contributed by atoms with Crippen molar-refractivity contribution in [2.24, 2.45) is 5.92 Å². The maximum Gasteiger partial charge on any atom is 0.251 e. The molecule has 2 aliphatic rings. The van der Waals surface area contributed by atoms with Gasteiger partial charge in [-0.3, -0.25) is 4.79 Å². The van der Waals surface area contributed by atoms with Crippen LogP contribution >= 0.6 is 11.6 Å². The smallest absolute Gasteiger partial charge is 0.251 e. The normalized spacial score (nSPS) is 18.7. The van der Waals surface area contributed by atoms with E-state index >= 15 is 0 Å². The first kappa shape index (κ1) is 27.2. The van der Waals surface area contributed by atoms with E-state index in [1.807, 2.05) is 41.1 Å². The SMILES string of the molecule is O=C(NC1CC(O)C1)c1ccc(-c2cn(C(CC3CC3)c3ccc(-c4cc(Cl)ccc4-n4cnnn4)c[n+]3[O-])cn2)cc1. The molecule has 2 saturated carbocycles. The summed E-state index contributed by atoms with van der Waals surface area (Å²) in [5, 5.41) is 38.0. The quantitative estimate of drug-likeness (QED) is 0.193. The van der Waals surface area contributed by atoms with Crippen LogP contribution in [0.3, 0.4) is 0 Å². The lowest BCUT2D eigenvalue weighted by Gasteiger charge is -2.31. The van der Waals surface area contributed by atoms with Crippen LogP contribution in [0.25, 0.3) is 28.1 Å². The fourth-order valence-electron chi connectivity index (χ4n) is 5.61. The van der Waals surface area contributed by atoms with Crippen LogP contribution in [-0.4, -0.2) is 52.9 Å². The number of halogens is 1. The van der Waals surface area contributed by atoms with Gasteiger partial charge < -0.3 is 20.2 Å². The molecule has 3 aromatic heterocycles. The number of rotatable bonds is 9. The third kappa shape index (κ3) is 5.73. The summed E-state index contributed by atoms with van der Waals surface area (Å²) in [6, 6.07) is 16.3. The lowest BCUT2D eigenvalue weighted by atomic mass is 9.89. The minimum absolute atomic E-state index is 0.0256. The zero-order valence-electron chi connectivity index (χ0n) is 23.1. The molecule has 2 aromatic carbocycles. The minimum Gasteiger partial charge on any atom is -0.618 e. The summed E-state index contributed by atoms with van der Waals surface area (Å²) < 4.78 is 4.47. The molecule has 0 aliphatic heterocycles. The minimum atomic E-state index is -0.320. The van der Waals surface area contributed by atoms with Crippen molar-refractivity contribution < 1.29 is 14.6 Å². The van der Waals surface area contributed by atoms with Crippen LogP contribution in [0.15, 0.2) is 79.6 Å². The molecule has 7 rings (SSSR count).